The molecule has 0 aliphatic rings. The Morgan fingerprint density at radius 2 is 2.32 bits per heavy atom. The summed E-state index contributed by atoms with van der Waals surface area (Å²) in [6.07, 6.45) is 0.501. The van der Waals surface area contributed by atoms with E-state index in [-0.39, 0.29) is 10.7 Å². The van der Waals surface area contributed by atoms with Gasteiger partial charge in [0.2, 0.25) is 5.89 Å². The Labute approximate surface area is 113 Å². The van der Waals surface area contributed by atoms with E-state index in [1.54, 1.807) is 19.1 Å². The molecule has 7 nitrogen and oxygen atoms in total. The molecular weight excluding hydrogens is 272 g/mol. The van der Waals surface area contributed by atoms with Gasteiger partial charge < -0.3 is 9.84 Å². The molecule has 0 atom stereocenters. The number of nitro benzene ring substituents is 1. The van der Waals surface area contributed by atoms with Gasteiger partial charge in [-0.15, -0.1) is 0 Å². The Balaban J connectivity index is 2.03. The molecule has 0 bridgehead atoms. The van der Waals surface area contributed by atoms with Gasteiger partial charge in [-0.1, -0.05) is 22.8 Å². The molecule has 0 saturated heterocycles. The zero-order valence-corrected chi connectivity index (χ0v) is 10.8. The smallest absolute Gasteiger partial charge is 0.310 e. The lowest BCUT2D eigenvalue weighted by Gasteiger charge is -2.06. The number of halogens is 1. The molecule has 0 fully saturated rings. The number of aromatic nitrogens is 2. The minimum absolute atomic E-state index is 0.102. The van der Waals surface area contributed by atoms with E-state index in [9.17, 15) is 10.1 Å². The molecule has 1 N–H and O–H groups in total. The summed E-state index contributed by atoms with van der Waals surface area (Å²) in [5, 5.41) is 17.7. The lowest BCUT2D eigenvalue weighted by atomic mass is 10.2. The van der Waals surface area contributed by atoms with Crippen LogP contribution in [0.5, 0.6) is 0 Å². The molecule has 0 amide bonds. The molecule has 0 aliphatic heterocycles. The van der Waals surface area contributed by atoms with Crippen LogP contribution < -0.4 is 5.32 Å². The van der Waals surface area contributed by atoms with Gasteiger partial charge in [-0.2, -0.15) is 4.98 Å². The molecular formula is C11H11ClN4O3. The van der Waals surface area contributed by atoms with E-state index in [2.05, 4.69) is 15.5 Å². The van der Waals surface area contributed by atoms with Crippen molar-refractivity contribution < 1.29 is 9.45 Å². The Hall–Kier alpha value is -2.15. The van der Waals surface area contributed by atoms with Crippen molar-refractivity contribution >= 4 is 23.0 Å². The Kier molecular flexibility index (Phi) is 3.96. The predicted octanol–water partition coefficient (Wildman–Crippen LogP) is 2.59. The monoisotopic (exact) mass is 282 g/mol. The van der Waals surface area contributed by atoms with Crippen molar-refractivity contribution in [2.45, 2.75) is 13.3 Å². The number of rotatable bonds is 5. The summed E-state index contributed by atoms with van der Waals surface area (Å²) in [5.41, 5.74) is 0.242. The van der Waals surface area contributed by atoms with Crippen LogP contribution >= 0.6 is 11.6 Å². The maximum absolute atomic E-state index is 10.9. The highest BCUT2D eigenvalue weighted by molar-refractivity contribution is 6.33. The van der Waals surface area contributed by atoms with Gasteiger partial charge in [0.1, 0.15) is 10.7 Å². The van der Waals surface area contributed by atoms with Crippen molar-refractivity contribution in [2.24, 2.45) is 0 Å². The van der Waals surface area contributed by atoms with Crippen molar-refractivity contribution in [1.82, 2.24) is 10.1 Å². The molecule has 0 aliphatic carbocycles. The van der Waals surface area contributed by atoms with Gasteiger partial charge >= 0.3 is 5.69 Å². The molecule has 100 valence electrons. The summed E-state index contributed by atoms with van der Waals surface area (Å²) in [6, 6.07) is 4.73. The molecule has 1 aromatic heterocycles. The van der Waals surface area contributed by atoms with Gasteiger partial charge in [-0.25, -0.2) is 0 Å². The first kappa shape index (κ1) is 13.3. The third-order valence-corrected chi connectivity index (χ3v) is 2.71. The molecule has 0 spiro atoms. The summed E-state index contributed by atoms with van der Waals surface area (Å²) in [4.78, 5) is 14.4. The molecule has 1 aromatic carbocycles. The number of nitro groups is 1. The van der Waals surface area contributed by atoms with E-state index in [1.807, 2.05) is 0 Å². The van der Waals surface area contributed by atoms with Crippen molar-refractivity contribution in [2.75, 3.05) is 11.9 Å². The van der Waals surface area contributed by atoms with Crippen LogP contribution in [-0.2, 0) is 6.42 Å². The standard InChI is InChI=1S/C11H11ClN4O3/c1-7-14-10(15-19-7)5-6-13-9-4-2-3-8(12)11(9)16(17)18/h2-4,13H,5-6H2,1H3. The topological polar surface area (TPSA) is 94.1 Å². The molecule has 8 heteroatoms. The van der Waals surface area contributed by atoms with Crippen LogP contribution in [0.2, 0.25) is 5.02 Å². The van der Waals surface area contributed by atoms with Crippen LogP contribution in [0.3, 0.4) is 0 Å². The van der Waals surface area contributed by atoms with E-state index in [1.165, 1.54) is 6.07 Å². The lowest BCUT2D eigenvalue weighted by molar-refractivity contribution is -0.383. The Morgan fingerprint density at radius 1 is 1.53 bits per heavy atom. The second kappa shape index (κ2) is 5.66. The minimum atomic E-state index is -0.511. The number of nitrogens with one attached hydrogen (secondary N) is 1. The fourth-order valence-electron chi connectivity index (χ4n) is 1.60. The molecule has 0 radical (unpaired) electrons. The lowest BCUT2D eigenvalue weighted by Crippen LogP contribution is -2.08. The van der Waals surface area contributed by atoms with Crippen LogP contribution in [0, 0.1) is 17.0 Å². The van der Waals surface area contributed by atoms with Gasteiger partial charge in [-0.05, 0) is 12.1 Å². The van der Waals surface area contributed by atoms with Crippen molar-refractivity contribution in [3.8, 4) is 0 Å². The average Bonchev–Trinajstić information content (AvgIpc) is 2.74. The third kappa shape index (κ3) is 3.19. The summed E-state index contributed by atoms with van der Waals surface area (Å²) in [7, 11) is 0. The largest absolute Gasteiger partial charge is 0.379 e. The van der Waals surface area contributed by atoms with Gasteiger partial charge in [-0.3, -0.25) is 10.1 Å². The van der Waals surface area contributed by atoms with Crippen LogP contribution in [0.1, 0.15) is 11.7 Å². The highest BCUT2D eigenvalue weighted by atomic mass is 35.5. The number of hydrogen-bond donors (Lipinski definition) is 1. The first-order chi connectivity index (χ1) is 9.08. The van der Waals surface area contributed by atoms with E-state index in [4.69, 9.17) is 16.1 Å². The number of benzene rings is 1. The zero-order valence-electron chi connectivity index (χ0n) is 10.1. The number of aryl methyl sites for hydroxylation is 1. The van der Waals surface area contributed by atoms with Crippen LogP contribution in [0.4, 0.5) is 11.4 Å². The first-order valence-electron chi connectivity index (χ1n) is 5.54. The molecule has 2 rings (SSSR count). The zero-order chi connectivity index (χ0) is 13.8. The summed E-state index contributed by atoms with van der Waals surface area (Å²) in [6.45, 7) is 2.14. The van der Waals surface area contributed by atoms with E-state index in [0.29, 0.717) is 30.4 Å². The molecule has 2 aromatic rings. The highest BCUT2D eigenvalue weighted by Gasteiger charge is 2.17. The van der Waals surface area contributed by atoms with Gasteiger partial charge in [0.05, 0.1) is 4.92 Å². The number of anilines is 1. The van der Waals surface area contributed by atoms with Crippen molar-refractivity contribution in [1.29, 1.82) is 0 Å². The van der Waals surface area contributed by atoms with Gasteiger partial charge in [0.15, 0.2) is 5.82 Å². The van der Waals surface area contributed by atoms with E-state index in [0.717, 1.165) is 0 Å². The Bertz CT molecular complexity index is 599. The number of hydrogen-bond acceptors (Lipinski definition) is 6. The van der Waals surface area contributed by atoms with Gasteiger partial charge in [0, 0.05) is 19.9 Å². The van der Waals surface area contributed by atoms with Gasteiger partial charge in [0.25, 0.3) is 0 Å². The SMILES string of the molecule is Cc1nc(CCNc2cccc(Cl)c2[N+](=O)[O-])no1. The normalized spacial score (nSPS) is 10.4. The summed E-state index contributed by atoms with van der Waals surface area (Å²) in [5.74, 6) is 1.04. The molecule has 1 heterocycles. The number of para-hydroxylation sites is 1. The maximum atomic E-state index is 10.9. The highest BCUT2D eigenvalue weighted by Crippen LogP contribution is 2.32. The third-order valence-electron chi connectivity index (χ3n) is 2.40. The van der Waals surface area contributed by atoms with Crippen LogP contribution in [-0.4, -0.2) is 21.6 Å². The summed E-state index contributed by atoms with van der Waals surface area (Å²) < 4.78 is 4.83. The molecule has 0 saturated carbocycles. The van der Waals surface area contributed by atoms with Crippen molar-refractivity contribution in [3.63, 3.8) is 0 Å². The molecule has 0 unspecified atom stereocenters. The first-order valence-corrected chi connectivity index (χ1v) is 5.91. The van der Waals surface area contributed by atoms with E-state index < -0.39 is 4.92 Å². The fraction of sp³-hybridized carbons (Fsp3) is 0.273. The minimum Gasteiger partial charge on any atom is -0.379 e. The average molecular weight is 283 g/mol. The van der Waals surface area contributed by atoms with Crippen molar-refractivity contribution in [3.05, 3.63) is 45.1 Å². The maximum Gasteiger partial charge on any atom is 0.310 e. The quantitative estimate of drug-likeness (QED) is 0.669. The fourth-order valence-corrected chi connectivity index (χ4v) is 1.84. The number of nitrogens with zero attached hydrogens (tertiary/aromatic N) is 3. The van der Waals surface area contributed by atoms with E-state index >= 15 is 0 Å². The second-order valence-corrected chi connectivity index (χ2v) is 4.21. The van der Waals surface area contributed by atoms with Crippen LogP contribution in [0.25, 0.3) is 0 Å². The van der Waals surface area contributed by atoms with Crippen LogP contribution in [0.15, 0.2) is 22.7 Å². The summed E-state index contributed by atoms with van der Waals surface area (Å²) >= 11 is 5.80. The Morgan fingerprint density at radius 3 is 2.95 bits per heavy atom. The second-order valence-electron chi connectivity index (χ2n) is 3.80. The predicted molar refractivity (Wildman–Crippen MR) is 69.3 cm³/mol. The molecule has 19 heavy (non-hydrogen) atoms.